The smallest absolute Gasteiger partial charge is 0.193 e. The van der Waals surface area contributed by atoms with E-state index in [1.807, 2.05) is 0 Å². The quantitative estimate of drug-likeness (QED) is 0.359. The SMILES string of the molecule is COc1ccc(NC(N)=NCC2(CS(C)(=O)=O)CC2)cc1OC.I. The Balaban J connectivity index is 0.00000288. The summed E-state index contributed by atoms with van der Waals surface area (Å²) in [5, 5.41) is 2.97. The highest BCUT2D eigenvalue weighted by Crippen LogP contribution is 2.46. The molecule has 0 atom stereocenters. The van der Waals surface area contributed by atoms with E-state index in [1.165, 1.54) is 6.26 Å². The van der Waals surface area contributed by atoms with Crippen LogP contribution in [0.1, 0.15) is 12.8 Å². The van der Waals surface area contributed by atoms with Crippen molar-refractivity contribution in [3.05, 3.63) is 18.2 Å². The van der Waals surface area contributed by atoms with Crippen LogP contribution in [-0.2, 0) is 9.84 Å². The van der Waals surface area contributed by atoms with Crippen LogP contribution in [0.3, 0.4) is 0 Å². The molecule has 0 heterocycles. The van der Waals surface area contributed by atoms with Gasteiger partial charge in [-0.3, -0.25) is 4.99 Å². The maximum absolute atomic E-state index is 11.4. The fraction of sp³-hybridized carbons (Fsp3) is 0.533. The molecule has 1 aliphatic rings. The van der Waals surface area contributed by atoms with Gasteiger partial charge in [-0.15, -0.1) is 24.0 Å². The number of nitrogens with one attached hydrogen (secondary N) is 1. The van der Waals surface area contributed by atoms with Crippen LogP contribution in [0.5, 0.6) is 11.5 Å². The first kappa shape index (κ1) is 20.8. The van der Waals surface area contributed by atoms with E-state index in [0.717, 1.165) is 18.5 Å². The Morgan fingerprint density at radius 3 is 2.42 bits per heavy atom. The van der Waals surface area contributed by atoms with E-state index in [2.05, 4.69) is 10.3 Å². The molecule has 0 unspecified atom stereocenters. The van der Waals surface area contributed by atoms with Gasteiger partial charge < -0.3 is 20.5 Å². The largest absolute Gasteiger partial charge is 0.493 e. The minimum absolute atomic E-state index is 0. The fourth-order valence-corrected chi connectivity index (χ4v) is 3.93. The van der Waals surface area contributed by atoms with Crippen LogP contribution in [-0.4, -0.2) is 47.2 Å². The molecule has 1 aromatic carbocycles. The Morgan fingerprint density at radius 1 is 1.29 bits per heavy atom. The summed E-state index contributed by atoms with van der Waals surface area (Å²) in [5.41, 5.74) is 6.36. The molecule has 0 amide bonds. The Labute approximate surface area is 159 Å². The Hall–Kier alpha value is -1.23. The average molecular weight is 469 g/mol. The number of nitrogens with two attached hydrogens (primary N) is 1. The number of rotatable bonds is 7. The highest BCUT2D eigenvalue weighted by atomic mass is 127. The van der Waals surface area contributed by atoms with Crippen molar-refractivity contribution in [2.24, 2.45) is 16.1 Å². The summed E-state index contributed by atoms with van der Waals surface area (Å²) >= 11 is 0. The molecule has 0 radical (unpaired) electrons. The molecule has 0 saturated heterocycles. The monoisotopic (exact) mass is 469 g/mol. The van der Waals surface area contributed by atoms with Crippen molar-refractivity contribution in [3.8, 4) is 11.5 Å². The molecular formula is C15H24IN3O4S. The zero-order chi connectivity index (χ0) is 17.1. The lowest BCUT2D eigenvalue weighted by Gasteiger charge is -2.13. The second-order valence-electron chi connectivity index (χ2n) is 5.97. The van der Waals surface area contributed by atoms with Crippen molar-refractivity contribution < 1.29 is 17.9 Å². The normalized spacial score (nSPS) is 16.0. The standard InChI is InChI=1S/C15H23N3O4S.HI/c1-21-12-5-4-11(8-13(12)22-2)18-14(16)17-9-15(6-7-15)10-23(3,19)20;/h4-5,8H,6-7,9-10H2,1-3H3,(H3,16,17,18);1H. The first-order chi connectivity index (χ1) is 10.8. The molecular weight excluding hydrogens is 445 g/mol. The first-order valence-corrected chi connectivity index (χ1v) is 9.30. The minimum Gasteiger partial charge on any atom is -0.493 e. The number of nitrogens with zero attached hydrogens (tertiary/aromatic N) is 1. The minimum atomic E-state index is -3.00. The number of halogens is 1. The highest BCUT2D eigenvalue weighted by Gasteiger charge is 2.45. The third kappa shape index (κ3) is 6.00. The number of sulfone groups is 1. The van der Waals surface area contributed by atoms with E-state index in [-0.39, 0.29) is 41.1 Å². The lowest BCUT2D eigenvalue weighted by Crippen LogP contribution is -2.26. The van der Waals surface area contributed by atoms with E-state index in [1.54, 1.807) is 32.4 Å². The van der Waals surface area contributed by atoms with Crippen molar-refractivity contribution >= 4 is 45.5 Å². The maximum atomic E-state index is 11.4. The van der Waals surface area contributed by atoms with Gasteiger partial charge >= 0.3 is 0 Å². The van der Waals surface area contributed by atoms with E-state index in [9.17, 15) is 8.42 Å². The van der Waals surface area contributed by atoms with Crippen LogP contribution in [0.2, 0.25) is 0 Å². The lowest BCUT2D eigenvalue weighted by atomic mass is 10.1. The van der Waals surface area contributed by atoms with E-state index in [0.29, 0.717) is 18.0 Å². The van der Waals surface area contributed by atoms with E-state index in [4.69, 9.17) is 15.2 Å². The molecule has 0 spiro atoms. The van der Waals surface area contributed by atoms with Crippen LogP contribution in [0, 0.1) is 5.41 Å². The molecule has 24 heavy (non-hydrogen) atoms. The van der Waals surface area contributed by atoms with Crippen molar-refractivity contribution in [3.63, 3.8) is 0 Å². The zero-order valence-electron chi connectivity index (χ0n) is 14.0. The van der Waals surface area contributed by atoms with Gasteiger partial charge in [-0.05, 0) is 25.0 Å². The summed E-state index contributed by atoms with van der Waals surface area (Å²) in [6, 6.07) is 5.32. The number of benzene rings is 1. The molecule has 3 N–H and O–H groups in total. The van der Waals surface area contributed by atoms with Crippen LogP contribution < -0.4 is 20.5 Å². The van der Waals surface area contributed by atoms with Crippen LogP contribution in [0.4, 0.5) is 5.69 Å². The summed E-state index contributed by atoms with van der Waals surface area (Å²) in [7, 11) is 0.120. The summed E-state index contributed by atoms with van der Waals surface area (Å²) in [6.45, 7) is 0.409. The number of anilines is 1. The van der Waals surface area contributed by atoms with Gasteiger partial charge in [-0.1, -0.05) is 0 Å². The highest BCUT2D eigenvalue weighted by molar-refractivity contribution is 14.0. The lowest BCUT2D eigenvalue weighted by molar-refractivity contribution is 0.355. The topological polar surface area (TPSA) is 103 Å². The molecule has 2 rings (SSSR count). The van der Waals surface area contributed by atoms with Crippen LogP contribution in [0.15, 0.2) is 23.2 Å². The molecule has 0 aromatic heterocycles. The number of ether oxygens (including phenoxy) is 2. The zero-order valence-corrected chi connectivity index (χ0v) is 17.2. The van der Waals surface area contributed by atoms with Crippen LogP contribution >= 0.6 is 24.0 Å². The predicted molar refractivity (Wildman–Crippen MR) is 106 cm³/mol. The number of methoxy groups -OCH3 is 2. The Kier molecular flexibility index (Phi) is 7.14. The number of hydrogen-bond acceptors (Lipinski definition) is 5. The van der Waals surface area contributed by atoms with Gasteiger partial charge in [0.15, 0.2) is 17.5 Å². The van der Waals surface area contributed by atoms with Gasteiger partial charge in [0, 0.05) is 30.0 Å². The molecule has 1 saturated carbocycles. The molecule has 7 nitrogen and oxygen atoms in total. The second-order valence-corrected chi connectivity index (χ2v) is 8.11. The number of guanidine groups is 1. The van der Waals surface area contributed by atoms with Crippen LogP contribution in [0.25, 0.3) is 0 Å². The Morgan fingerprint density at radius 2 is 1.92 bits per heavy atom. The van der Waals surface area contributed by atoms with E-state index >= 15 is 0 Å². The molecule has 136 valence electrons. The van der Waals surface area contributed by atoms with Crippen molar-refractivity contribution in [1.82, 2.24) is 0 Å². The van der Waals surface area contributed by atoms with Gasteiger partial charge in [-0.25, -0.2) is 8.42 Å². The number of hydrogen-bond donors (Lipinski definition) is 2. The van der Waals surface area contributed by atoms with Gasteiger partial charge in [0.1, 0.15) is 9.84 Å². The van der Waals surface area contributed by atoms with Gasteiger partial charge in [-0.2, -0.15) is 0 Å². The summed E-state index contributed by atoms with van der Waals surface area (Å²) < 4.78 is 33.3. The van der Waals surface area contributed by atoms with Crippen molar-refractivity contribution in [2.45, 2.75) is 12.8 Å². The Bertz CT molecular complexity index is 703. The van der Waals surface area contributed by atoms with Gasteiger partial charge in [0.25, 0.3) is 0 Å². The molecule has 1 aliphatic carbocycles. The molecule has 0 aliphatic heterocycles. The van der Waals surface area contributed by atoms with Gasteiger partial charge in [0.2, 0.25) is 0 Å². The third-order valence-corrected chi connectivity index (χ3v) is 4.90. The van der Waals surface area contributed by atoms with Crippen molar-refractivity contribution in [2.75, 3.05) is 38.1 Å². The molecule has 1 aromatic rings. The summed E-state index contributed by atoms with van der Waals surface area (Å²) in [4.78, 5) is 4.28. The van der Waals surface area contributed by atoms with Gasteiger partial charge in [0.05, 0.1) is 20.0 Å². The molecule has 0 bridgehead atoms. The number of aliphatic imine (C=N–C) groups is 1. The fourth-order valence-electron chi connectivity index (χ4n) is 2.44. The average Bonchev–Trinajstić information content (AvgIpc) is 3.23. The maximum Gasteiger partial charge on any atom is 0.193 e. The third-order valence-electron chi connectivity index (χ3n) is 3.77. The predicted octanol–water partition coefficient (Wildman–Crippen LogP) is 1.87. The summed E-state index contributed by atoms with van der Waals surface area (Å²) in [5.74, 6) is 1.62. The molecule has 9 heteroatoms. The van der Waals surface area contributed by atoms with E-state index < -0.39 is 9.84 Å². The first-order valence-electron chi connectivity index (χ1n) is 7.24. The van der Waals surface area contributed by atoms with Crippen molar-refractivity contribution in [1.29, 1.82) is 0 Å². The second kappa shape index (κ2) is 8.24. The summed E-state index contributed by atoms with van der Waals surface area (Å²) in [6.07, 6.45) is 2.99. The molecule has 1 fully saturated rings.